The highest BCUT2D eigenvalue weighted by molar-refractivity contribution is 5.89. The molecule has 1 amide bonds. The van der Waals surface area contributed by atoms with Crippen LogP contribution in [-0.4, -0.2) is 58.1 Å². The average Bonchev–Trinajstić information content (AvgIpc) is 3.21. The van der Waals surface area contributed by atoms with Crippen LogP contribution in [-0.2, 0) is 14.4 Å². The van der Waals surface area contributed by atoms with Crippen LogP contribution >= 0.6 is 0 Å². The Morgan fingerprint density at radius 3 is 2.48 bits per heavy atom. The number of nitrogens with zero attached hydrogens (tertiary/aromatic N) is 1. The summed E-state index contributed by atoms with van der Waals surface area (Å²) in [5.74, 6) is -1.14. The molecule has 3 fully saturated rings. The van der Waals surface area contributed by atoms with E-state index in [2.05, 4.69) is 5.32 Å². The van der Waals surface area contributed by atoms with Gasteiger partial charge in [0.1, 0.15) is 5.54 Å². The van der Waals surface area contributed by atoms with Crippen molar-refractivity contribution >= 4 is 17.8 Å². The molecule has 3 N–H and O–H groups in total. The van der Waals surface area contributed by atoms with Gasteiger partial charge in [-0.2, -0.15) is 0 Å². The number of likely N-dealkylation sites (tertiary alicyclic amines) is 1. The number of hydrogen-bond acceptors (Lipinski definition) is 4. The van der Waals surface area contributed by atoms with Crippen molar-refractivity contribution < 1.29 is 24.6 Å². The average molecular weight is 324 g/mol. The Labute approximate surface area is 135 Å². The van der Waals surface area contributed by atoms with E-state index in [9.17, 15) is 19.5 Å². The summed E-state index contributed by atoms with van der Waals surface area (Å²) in [5, 5.41) is 21.2. The number of carbonyl (C=O) groups is 3. The van der Waals surface area contributed by atoms with E-state index in [1.54, 1.807) is 0 Å². The first-order valence-corrected chi connectivity index (χ1v) is 8.41. The van der Waals surface area contributed by atoms with Gasteiger partial charge in [0.15, 0.2) is 0 Å². The number of carbonyl (C=O) groups excluding carboxylic acids is 1. The minimum absolute atomic E-state index is 0.0460. The zero-order valence-electron chi connectivity index (χ0n) is 13.2. The van der Waals surface area contributed by atoms with Gasteiger partial charge in [-0.25, -0.2) is 4.79 Å². The Balaban J connectivity index is 1.77. The maximum Gasteiger partial charge on any atom is 0.329 e. The first-order valence-electron chi connectivity index (χ1n) is 8.41. The molecule has 3 rings (SSSR count). The lowest BCUT2D eigenvalue weighted by atomic mass is 9.72. The van der Waals surface area contributed by atoms with Gasteiger partial charge in [-0.1, -0.05) is 6.42 Å². The van der Waals surface area contributed by atoms with Gasteiger partial charge in [0, 0.05) is 6.54 Å². The van der Waals surface area contributed by atoms with E-state index in [0.29, 0.717) is 31.2 Å². The normalized spacial score (nSPS) is 35.7. The second-order valence-electron chi connectivity index (χ2n) is 7.16. The lowest BCUT2D eigenvalue weighted by Gasteiger charge is -2.43. The Bertz CT molecular complexity index is 523. The van der Waals surface area contributed by atoms with E-state index in [1.165, 1.54) is 11.3 Å². The third-order valence-electron chi connectivity index (χ3n) is 6.00. The fourth-order valence-corrected chi connectivity index (χ4v) is 5.16. The number of amides is 1. The monoisotopic (exact) mass is 324 g/mol. The summed E-state index contributed by atoms with van der Waals surface area (Å²) >= 11 is 0. The molecule has 1 saturated heterocycles. The quantitative estimate of drug-likeness (QED) is 0.658. The van der Waals surface area contributed by atoms with Gasteiger partial charge in [-0.3, -0.25) is 14.9 Å². The van der Waals surface area contributed by atoms with E-state index in [0.717, 1.165) is 19.3 Å². The lowest BCUT2D eigenvalue weighted by Crippen LogP contribution is -2.60. The molecule has 2 saturated carbocycles. The summed E-state index contributed by atoms with van der Waals surface area (Å²) in [7, 11) is 0. The fourth-order valence-electron chi connectivity index (χ4n) is 5.16. The predicted octanol–water partition coefficient (Wildman–Crippen LogP) is 0.543. The number of fused-ring (bicyclic) bond motifs is 2. The molecule has 1 heterocycles. The topological polar surface area (TPSA) is 107 Å². The molecule has 0 aromatic carbocycles. The molecule has 2 bridgehead atoms. The number of aliphatic carboxylic acids is 2. The minimum Gasteiger partial charge on any atom is -0.480 e. The van der Waals surface area contributed by atoms with E-state index in [4.69, 9.17) is 5.11 Å². The van der Waals surface area contributed by atoms with Crippen molar-refractivity contribution in [3.8, 4) is 0 Å². The number of carboxylic acids is 2. The van der Waals surface area contributed by atoms with E-state index < -0.39 is 17.5 Å². The molecular weight excluding hydrogens is 300 g/mol. The van der Waals surface area contributed by atoms with Crippen LogP contribution < -0.4 is 5.32 Å². The largest absolute Gasteiger partial charge is 0.480 e. The molecule has 4 atom stereocenters. The molecule has 23 heavy (non-hydrogen) atoms. The van der Waals surface area contributed by atoms with Crippen LogP contribution in [0, 0.1) is 17.8 Å². The van der Waals surface area contributed by atoms with Crippen LogP contribution in [0.4, 0.5) is 0 Å². The fraction of sp³-hybridized carbons (Fsp3) is 0.812. The second-order valence-corrected chi connectivity index (χ2v) is 7.16. The summed E-state index contributed by atoms with van der Waals surface area (Å²) in [4.78, 5) is 36.8. The number of nitrogens with one attached hydrogen (secondary N) is 1. The Kier molecular flexibility index (Phi) is 4.31. The van der Waals surface area contributed by atoms with Gasteiger partial charge in [-0.15, -0.1) is 0 Å². The molecule has 3 unspecified atom stereocenters. The van der Waals surface area contributed by atoms with Crippen molar-refractivity contribution in [1.82, 2.24) is 10.2 Å². The molecule has 128 valence electrons. The summed E-state index contributed by atoms with van der Waals surface area (Å²) in [6.07, 6.45) is 5.47. The summed E-state index contributed by atoms with van der Waals surface area (Å²) in [5.41, 5.74) is -1.08. The summed E-state index contributed by atoms with van der Waals surface area (Å²) in [6, 6.07) is 0. The maximum absolute atomic E-state index is 12.5. The third-order valence-corrected chi connectivity index (χ3v) is 6.00. The zero-order valence-corrected chi connectivity index (χ0v) is 13.2. The second kappa shape index (κ2) is 6.11. The first-order chi connectivity index (χ1) is 10.9. The van der Waals surface area contributed by atoms with Gasteiger partial charge in [-0.05, 0) is 49.9 Å². The van der Waals surface area contributed by atoms with Crippen molar-refractivity contribution in [3.63, 3.8) is 0 Å². The first kappa shape index (κ1) is 16.2. The smallest absolute Gasteiger partial charge is 0.329 e. The molecule has 7 heteroatoms. The molecule has 0 aromatic rings. The Morgan fingerprint density at radius 2 is 1.91 bits per heavy atom. The predicted molar refractivity (Wildman–Crippen MR) is 80.8 cm³/mol. The molecule has 2 aliphatic carbocycles. The van der Waals surface area contributed by atoms with Crippen LogP contribution in [0.3, 0.4) is 0 Å². The van der Waals surface area contributed by atoms with Crippen molar-refractivity contribution in [1.29, 1.82) is 0 Å². The van der Waals surface area contributed by atoms with Crippen LogP contribution in [0.1, 0.15) is 38.5 Å². The molecule has 7 nitrogen and oxygen atoms in total. The van der Waals surface area contributed by atoms with Gasteiger partial charge in [0.2, 0.25) is 5.91 Å². The molecule has 1 aliphatic heterocycles. The third kappa shape index (κ3) is 2.71. The van der Waals surface area contributed by atoms with Crippen molar-refractivity contribution in [3.05, 3.63) is 0 Å². The SMILES string of the molecule is O=C(O)CNCC(=O)N1CCC[C@]1(C(=O)O)C1CC2CCC1C2. The van der Waals surface area contributed by atoms with Gasteiger partial charge in [0.25, 0.3) is 0 Å². The Hall–Kier alpha value is -1.63. The number of hydrogen-bond donors (Lipinski definition) is 3. The van der Waals surface area contributed by atoms with E-state index in [1.807, 2.05) is 0 Å². The van der Waals surface area contributed by atoms with Gasteiger partial charge in [0.05, 0.1) is 13.1 Å². The summed E-state index contributed by atoms with van der Waals surface area (Å²) < 4.78 is 0. The van der Waals surface area contributed by atoms with Crippen molar-refractivity contribution in [2.45, 2.75) is 44.1 Å². The molecule has 0 spiro atoms. The highest BCUT2D eigenvalue weighted by Gasteiger charge is 2.60. The summed E-state index contributed by atoms with van der Waals surface area (Å²) in [6.45, 7) is 0.0314. The highest BCUT2D eigenvalue weighted by Crippen LogP contribution is 2.55. The Morgan fingerprint density at radius 1 is 1.13 bits per heavy atom. The highest BCUT2D eigenvalue weighted by atomic mass is 16.4. The zero-order chi connectivity index (χ0) is 16.6. The van der Waals surface area contributed by atoms with Crippen LogP contribution in [0.25, 0.3) is 0 Å². The maximum atomic E-state index is 12.5. The molecular formula is C16H24N2O5. The molecule has 3 aliphatic rings. The lowest BCUT2D eigenvalue weighted by molar-refractivity contribution is -0.162. The number of carboxylic acid groups (broad SMARTS) is 2. The molecule has 0 radical (unpaired) electrons. The standard InChI is InChI=1S/C16H24N2O5/c19-13(8-17-9-14(20)21)18-5-1-4-16(18,15(22)23)12-7-10-2-3-11(12)6-10/h10-12,17H,1-9H2,(H,20,21)(H,22,23)/t10?,11?,12?,16-/m1/s1. The number of rotatable bonds is 6. The minimum atomic E-state index is -1.08. The van der Waals surface area contributed by atoms with E-state index in [-0.39, 0.29) is 24.9 Å². The van der Waals surface area contributed by atoms with Gasteiger partial charge < -0.3 is 15.1 Å². The molecule has 0 aromatic heterocycles. The van der Waals surface area contributed by atoms with Crippen LogP contribution in [0.2, 0.25) is 0 Å². The van der Waals surface area contributed by atoms with E-state index >= 15 is 0 Å². The van der Waals surface area contributed by atoms with Crippen LogP contribution in [0.5, 0.6) is 0 Å². The van der Waals surface area contributed by atoms with Crippen molar-refractivity contribution in [2.75, 3.05) is 19.6 Å². The van der Waals surface area contributed by atoms with Crippen molar-refractivity contribution in [2.24, 2.45) is 17.8 Å². The van der Waals surface area contributed by atoms with Crippen LogP contribution in [0.15, 0.2) is 0 Å². The van der Waals surface area contributed by atoms with Gasteiger partial charge >= 0.3 is 11.9 Å².